The maximum absolute atomic E-state index is 12.9. The normalized spacial score (nSPS) is 13.8. The predicted molar refractivity (Wildman–Crippen MR) is 134 cm³/mol. The molecular weight excluding hydrogens is 442 g/mol. The molecule has 2 atom stereocenters. The van der Waals surface area contributed by atoms with Gasteiger partial charge in [0, 0.05) is 12.3 Å². The molecule has 0 bridgehead atoms. The molecule has 0 aliphatic heterocycles. The molecule has 3 amide bonds. The maximum Gasteiger partial charge on any atom is 0.407 e. The number of rotatable bonds is 8. The number of hydrogen-bond donors (Lipinski definition) is 3. The fourth-order valence-electron chi connectivity index (χ4n) is 4.34. The Kier molecular flexibility index (Phi) is 7.15. The highest BCUT2D eigenvalue weighted by atomic mass is 16.5. The van der Waals surface area contributed by atoms with E-state index in [0.717, 1.165) is 33.4 Å². The Hall–Kier alpha value is -4.13. The van der Waals surface area contributed by atoms with Gasteiger partial charge in [0.15, 0.2) is 0 Å². The van der Waals surface area contributed by atoms with Crippen molar-refractivity contribution in [3.05, 3.63) is 95.1 Å². The highest BCUT2D eigenvalue weighted by Gasteiger charge is 2.30. The van der Waals surface area contributed by atoms with Gasteiger partial charge in [0.1, 0.15) is 18.7 Å². The second-order valence-corrected chi connectivity index (χ2v) is 8.84. The number of amides is 3. The molecule has 7 heteroatoms. The van der Waals surface area contributed by atoms with E-state index in [1.807, 2.05) is 67.6 Å². The molecule has 3 aromatic rings. The number of aryl methyl sites for hydroxylation is 1. The van der Waals surface area contributed by atoms with E-state index < -0.39 is 30.0 Å². The zero-order valence-electron chi connectivity index (χ0n) is 19.8. The first-order chi connectivity index (χ1) is 16.8. The van der Waals surface area contributed by atoms with E-state index >= 15 is 0 Å². The number of primary amides is 1. The first-order valence-corrected chi connectivity index (χ1v) is 11.6. The Bertz CT molecular complexity index is 1190. The SMILES string of the molecule is Cc1ccc(CC(NC(=O)OCC2c3ccccc3-c3ccccc32)C(=O)N[C@@H](C)C(N)=O)cc1. The van der Waals surface area contributed by atoms with Crippen molar-refractivity contribution in [3.8, 4) is 11.1 Å². The second-order valence-electron chi connectivity index (χ2n) is 8.84. The van der Waals surface area contributed by atoms with Crippen LogP contribution < -0.4 is 16.4 Å². The quantitative estimate of drug-likeness (QED) is 0.467. The summed E-state index contributed by atoms with van der Waals surface area (Å²) in [5, 5.41) is 5.23. The Morgan fingerprint density at radius 1 is 0.886 bits per heavy atom. The third-order valence-electron chi connectivity index (χ3n) is 6.30. The van der Waals surface area contributed by atoms with E-state index in [4.69, 9.17) is 10.5 Å². The Labute approximate surface area is 204 Å². The lowest BCUT2D eigenvalue weighted by molar-refractivity contribution is -0.128. The molecule has 0 radical (unpaired) electrons. The van der Waals surface area contributed by atoms with Gasteiger partial charge in [0.2, 0.25) is 11.8 Å². The predicted octanol–water partition coefficient (Wildman–Crippen LogP) is 3.43. The summed E-state index contributed by atoms with van der Waals surface area (Å²) in [5.41, 5.74) is 11.7. The van der Waals surface area contributed by atoms with Crippen LogP contribution in [0.5, 0.6) is 0 Å². The van der Waals surface area contributed by atoms with Crippen LogP contribution in [0.3, 0.4) is 0 Å². The molecule has 35 heavy (non-hydrogen) atoms. The van der Waals surface area contributed by atoms with Crippen molar-refractivity contribution in [2.75, 3.05) is 6.61 Å². The summed E-state index contributed by atoms with van der Waals surface area (Å²) in [4.78, 5) is 37.1. The number of carbonyl (C=O) groups excluding carboxylic acids is 3. The van der Waals surface area contributed by atoms with Gasteiger partial charge in [0.25, 0.3) is 0 Å². The molecule has 180 valence electrons. The molecule has 0 fully saturated rings. The Balaban J connectivity index is 1.46. The molecule has 7 nitrogen and oxygen atoms in total. The van der Waals surface area contributed by atoms with Gasteiger partial charge in [-0.15, -0.1) is 0 Å². The minimum absolute atomic E-state index is 0.0904. The van der Waals surface area contributed by atoms with Crippen LogP contribution >= 0.6 is 0 Å². The topological polar surface area (TPSA) is 111 Å². The molecule has 0 spiro atoms. The van der Waals surface area contributed by atoms with Crippen LogP contribution in [0, 0.1) is 6.92 Å². The van der Waals surface area contributed by atoms with Crippen LogP contribution in [0.25, 0.3) is 11.1 Å². The van der Waals surface area contributed by atoms with Gasteiger partial charge in [-0.25, -0.2) is 4.79 Å². The standard InChI is InChI=1S/C28H29N3O4/c1-17-11-13-19(14-12-17)15-25(27(33)30-18(2)26(29)32)31-28(34)35-16-24-22-9-5-3-7-20(22)21-8-4-6-10-23(21)24/h3-14,18,24-25H,15-16H2,1-2H3,(H2,29,32)(H,30,33)(H,31,34)/t18-,25?/m0/s1. The van der Waals surface area contributed by atoms with Crippen LogP contribution in [0.4, 0.5) is 4.79 Å². The van der Waals surface area contributed by atoms with Gasteiger partial charge < -0.3 is 21.1 Å². The molecule has 0 heterocycles. The molecule has 0 aromatic heterocycles. The van der Waals surface area contributed by atoms with Crippen molar-refractivity contribution in [2.24, 2.45) is 5.73 Å². The molecule has 1 unspecified atom stereocenters. The summed E-state index contributed by atoms with van der Waals surface area (Å²) >= 11 is 0. The third-order valence-corrected chi connectivity index (χ3v) is 6.30. The van der Waals surface area contributed by atoms with Crippen LogP contribution in [0.2, 0.25) is 0 Å². The number of benzene rings is 3. The number of alkyl carbamates (subject to hydrolysis) is 1. The van der Waals surface area contributed by atoms with Crippen molar-refractivity contribution < 1.29 is 19.1 Å². The van der Waals surface area contributed by atoms with Crippen LogP contribution in [0.1, 0.15) is 35.1 Å². The Morgan fingerprint density at radius 2 is 1.46 bits per heavy atom. The molecule has 1 aliphatic carbocycles. The molecule has 1 aliphatic rings. The summed E-state index contributed by atoms with van der Waals surface area (Å²) in [6, 6.07) is 22.0. The molecule has 4 N–H and O–H groups in total. The number of nitrogens with two attached hydrogens (primary N) is 1. The molecule has 0 saturated carbocycles. The number of fused-ring (bicyclic) bond motifs is 3. The fraction of sp³-hybridized carbons (Fsp3) is 0.250. The van der Waals surface area contributed by atoms with Crippen molar-refractivity contribution in [1.82, 2.24) is 10.6 Å². The van der Waals surface area contributed by atoms with Gasteiger partial charge >= 0.3 is 6.09 Å². The van der Waals surface area contributed by atoms with Gasteiger partial charge in [-0.1, -0.05) is 78.4 Å². The van der Waals surface area contributed by atoms with E-state index in [2.05, 4.69) is 22.8 Å². The van der Waals surface area contributed by atoms with Crippen LogP contribution in [0.15, 0.2) is 72.8 Å². The second kappa shape index (κ2) is 10.4. The van der Waals surface area contributed by atoms with E-state index in [0.29, 0.717) is 0 Å². The monoisotopic (exact) mass is 471 g/mol. The minimum Gasteiger partial charge on any atom is -0.449 e. The van der Waals surface area contributed by atoms with Crippen LogP contribution in [-0.4, -0.2) is 36.6 Å². The summed E-state index contributed by atoms with van der Waals surface area (Å²) < 4.78 is 5.61. The summed E-state index contributed by atoms with van der Waals surface area (Å²) in [5.74, 6) is -1.26. The highest BCUT2D eigenvalue weighted by Crippen LogP contribution is 2.44. The average Bonchev–Trinajstić information content (AvgIpc) is 3.17. The summed E-state index contributed by atoms with van der Waals surface area (Å²) in [6.45, 7) is 3.60. The van der Waals surface area contributed by atoms with E-state index in [1.54, 1.807) is 0 Å². The molecule has 4 rings (SSSR count). The smallest absolute Gasteiger partial charge is 0.407 e. The van der Waals surface area contributed by atoms with Crippen molar-refractivity contribution >= 4 is 17.9 Å². The largest absolute Gasteiger partial charge is 0.449 e. The van der Waals surface area contributed by atoms with E-state index in [-0.39, 0.29) is 18.9 Å². The molecule has 0 saturated heterocycles. The van der Waals surface area contributed by atoms with Crippen LogP contribution in [-0.2, 0) is 20.7 Å². The Morgan fingerprint density at radius 3 is 2.03 bits per heavy atom. The first-order valence-electron chi connectivity index (χ1n) is 11.6. The fourth-order valence-corrected chi connectivity index (χ4v) is 4.34. The number of nitrogens with one attached hydrogen (secondary N) is 2. The molecular formula is C28H29N3O4. The lowest BCUT2D eigenvalue weighted by Gasteiger charge is -2.21. The van der Waals surface area contributed by atoms with Gasteiger partial charge in [-0.3, -0.25) is 9.59 Å². The molecule has 3 aromatic carbocycles. The lowest BCUT2D eigenvalue weighted by atomic mass is 9.98. The zero-order valence-corrected chi connectivity index (χ0v) is 19.8. The van der Waals surface area contributed by atoms with E-state index in [9.17, 15) is 14.4 Å². The zero-order chi connectivity index (χ0) is 24.9. The van der Waals surface area contributed by atoms with Gasteiger partial charge in [-0.2, -0.15) is 0 Å². The minimum atomic E-state index is -0.935. The number of ether oxygens (including phenoxy) is 1. The maximum atomic E-state index is 12.9. The first kappa shape index (κ1) is 24.0. The van der Waals surface area contributed by atoms with E-state index in [1.165, 1.54) is 6.92 Å². The van der Waals surface area contributed by atoms with Gasteiger partial charge in [-0.05, 0) is 41.7 Å². The van der Waals surface area contributed by atoms with Gasteiger partial charge in [0.05, 0.1) is 0 Å². The number of carbonyl (C=O) groups is 3. The summed E-state index contributed by atoms with van der Waals surface area (Å²) in [7, 11) is 0. The third kappa shape index (κ3) is 5.51. The lowest BCUT2D eigenvalue weighted by Crippen LogP contribution is -2.53. The number of hydrogen-bond acceptors (Lipinski definition) is 4. The summed E-state index contributed by atoms with van der Waals surface area (Å²) in [6.07, 6.45) is -0.465. The van der Waals surface area contributed by atoms with Crippen molar-refractivity contribution in [3.63, 3.8) is 0 Å². The highest BCUT2D eigenvalue weighted by molar-refractivity contribution is 5.90. The average molecular weight is 472 g/mol. The van der Waals surface area contributed by atoms with Crippen molar-refractivity contribution in [2.45, 2.75) is 38.3 Å². The van der Waals surface area contributed by atoms with Crippen molar-refractivity contribution in [1.29, 1.82) is 0 Å².